The minimum Gasteiger partial charge on any atom is -0.419 e. The van der Waals surface area contributed by atoms with E-state index >= 15 is 0 Å². The third-order valence-corrected chi connectivity index (χ3v) is 2.59. The van der Waals surface area contributed by atoms with Crippen LogP contribution in [0.4, 0.5) is 8.78 Å². The number of benzene rings is 2. The summed E-state index contributed by atoms with van der Waals surface area (Å²) in [5.74, 6) is -3.99. The van der Waals surface area contributed by atoms with Gasteiger partial charge in [0.25, 0.3) is 0 Å². The van der Waals surface area contributed by atoms with E-state index in [1.165, 1.54) is 12.1 Å². The average Bonchev–Trinajstić information content (AvgIpc) is 2.42. The molecule has 0 saturated carbocycles. The van der Waals surface area contributed by atoms with E-state index in [0.29, 0.717) is 6.07 Å². The van der Waals surface area contributed by atoms with Crippen molar-refractivity contribution in [2.24, 2.45) is 0 Å². The first-order valence-electron chi connectivity index (χ1n) is 5.76. The summed E-state index contributed by atoms with van der Waals surface area (Å²) in [7, 11) is 0. The van der Waals surface area contributed by atoms with Gasteiger partial charge in [0.1, 0.15) is 5.82 Å². The maximum atomic E-state index is 13.7. The largest absolute Gasteiger partial charge is 0.419 e. The predicted molar refractivity (Wildman–Crippen MR) is 67.8 cm³/mol. The van der Waals surface area contributed by atoms with Crippen LogP contribution in [0.3, 0.4) is 0 Å². The number of ether oxygens (including phenoxy) is 1. The Balaban J connectivity index is 2.39. The lowest BCUT2D eigenvalue weighted by Crippen LogP contribution is -2.12. The molecule has 0 heterocycles. The standard InChI is InChI=1S/C15H10F2O3/c1-9(18)12-7-11(16)8-13(17)14(12)20-15(19)10-5-3-2-4-6-10/h2-8H,1H3. The van der Waals surface area contributed by atoms with Gasteiger partial charge in [-0.1, -0.05) is 18.2 Å². The molecule has 102 valence electrons. The van der Waals surface area contributed by atoms with Gasteiger partial charge in [0.15, 0.2) is 17.3 Å². The van der Waals surface area contributed by atoms with Gasteiger partial charge in [0, 0.05) is 6.07 Å². The summed E-state index contributed by atoms with van der Waals surface area (Å²) in [6.07, 6.45) is 0. The van der Waals surface area contributed by atoms with E-state index in [1.807, 2.05) is 0 Å². The first kappa shape index (κ1) is 13.9. The molecule has 2 aromatic carbocycles. The minimum atomic E-state index is -1.10. The Hall–Kier alpha value is -2.56. The van der Waals surface area contributed by atoms with Crippen LogP contribution >= 0.6 is 0 Å². The van der Waals surface area contributed by atoms with Gasteiger partial charge in [0.05, 0.1) is 11.1 Å². The third kappa shape index (κ3) is 2.88. The van der Waals surface area contributed by atoms with E-state index in [0.717, 1.165) is 13.0 Å². The van der Waals surface area contributed by atoms with Crippen LogP contribution in [0.15, 0.2) is 42.5 Å². The summed E-state index contributed by atoms with van der Waals surface area (Å²) in [6.45, 7) is 1.13. The van der Waals surface area contributed by atoms with Crippen molar-refractivity contribution in [1.29, 1.82) is 0 Å². The second-order valence-electron chi connectivity index (χ2n) is 4.08. The highest BCUT2D eigenvalue weighted by Crippen LogP contribution is 2.25. The summed E-state index contributed by atoms with van der Waals surface area (Å²) >= 11 is 0. The maximum absolute atomic E-state index is 13.7. The number of esters is 1. The van der Waals surface area contributed by atoms with Crippen LogP contribution in [-0.4, -0.2) is 11.8 Å². The lowest BCUT2D eigenvalue weighted by molar-refractivity contribution is 0.0725. The first-order chi connectivity index (χ1) is 9.49. The van der Waals surface area contributed by atoms with Crippen LogP contribution in [0.2, 0.25) is 0 Å². The number of rotatable bonds is 3. The third-order valence-electron chi connectivity index (χ3n) is 2.59. The molecule has 0 bridgehead atoms. The summed E-state index contributed by atoms with van der Waals surface area (Å²) < 4.78 is 31.7. The lowest BCUT2D eigenvalue weighted by Gasteiger charge is -2.09. The molecule has 2 rings (SSSR count). The van der Waals surface area contributed by atoms with Crippen LogP contribution in [0, 0.1) is 11.6 Å². The molecule has 5 heteroatoms. The molecule has 2 aromatic rings. The molecule has 20 heavy (non-hydrogen) atoms. The van der Waals surface area contributed by atoms with Gasteiger partial charge >= 0.3 is 5.97 Å². The van der Waals surface area contributed by atoms with E-state index in [1.54, 1.807) is 18.2 Å². The van der Waals surface area contributed by atoms with E-state index in [2.05, 4.69) is 0 Å². The Kier molecular flexibility index (Phi) is 3.89. The van der Waals surface area contributed by atoms with Crippen LogP contribution in [-0.2, 0) is 0 Å². The zero-order valence-electron chi connectivity index (χ0n) is 10.5. The molecule has 0 atom stereocenters. The van der Waals surface area contributed by atoms with Crippen molar-refractivity contribution in [2.75, 3.05) is 0 Å². The highest BCUT2D eigenvalue weighted by molar-refractivity contribution is 5.99. The Morgan fingerprint density at radius 2 is 1.70 bits per heavy atom. The molecule has 0 aliphatic carbocycles. The number of halogens is 2. The van der Waals surface area contributed by atoms with Crippen molar-refractivity contribution in [3.63, 3.8) is 0 Å². The van der Waals surface area contributed by atoms with E-state index in [4.69, 9.17) is 4.74 Å². The van der Waals surface area contributed by atoms with Gasteiger partial charge in [0.2, 0.25) is 0 Å². The van der Waals surface area contributed by atoms with Gasteiger partial charge in [-0.25, -0.2) is 13.6 Å². The summed E-state index contributed by atoms with van der Waals surface area (Å²) in [6, 6.07) is 9.29. The molecular formula is C15H10F2O3. The van der Waals surface area contributed by atoms with Gasteiger partial charge in [-0.3, -0.25) is 4.79 Å². The highest BCUT2D eigenvalue weighted by atomic mass is 19.1. The maximum Gasteiger partial charge on any atom is 0.343 e. The monoisotopic (exact) mass is 276 g/mol. The Morgan fingerprint density at radius 3 is 2.30 bits per heavy atom. The van der Waals surface area contributed by atoms with Crippen molar-refractivity contribution in [1.82, 2.24) is 0 Å². The number of carbonyl (C=O) groups is 2. The molecular weight excluding hydrogens is 266 g/mol. The van der Waals surface area contributed by atoms with Crippen molar-refractivity contribution in [3.05, 3.63) is 65.2 Å². The number of ketones is 1. The van der Waals surface area contributed by atoms with Crippen LogP contribution < -0.4 is 4.74 Å². The molecule has 3 nitrogen and oxygen atoms in total. The molecule has 0 saturated heterocycles. The smallest absolute Gasteiger partial charge is 0.343 e. The Morgan fingerprint density at radius 1 is 1.05 bits per heavy atom. The lowest BCUT2D eigenvalue weighted by atomic mass is 10.1. The second kappa shape index (κ2) is 5.61. The summed E-state index contributed by atoms with van der Waals surface area (Å²) in [5.41, 5.74) is -0.113. The molecule has 0 aliphatic heterocycles. The normalized spacial score (nSPS) is 10.2. The van der Waals surface area contributed by atoms with E-state index < -0.39 is 29.1 Å². The second-order valence-corrected chi connectivity index (χ2v) is 4.08. The fourth-order valence-electron chi connectivity index (χ4n) is 1.65. The van der Waals surface area contributed by atoms with Crippen LogP contribution in [0.25, 0.3) is 0 Å². The van der Waals surface area contributed by atoms with Crippen LogP contribution in [0.5, 0.6) is 5.75 Å². The van der Waals surface area contributed by atoms with Gasteiger partial charge < -0.3 is 4.74 Å². The van der Waals surface area contributed by atoms with Gasteiger partial charge in [-0.05, 0) is 25.1 Å². The zero-order chi connectivity index (χ0) is 14.7. The molecule has 0 N–H and O–H groups in total. The molecule has 0 amide bonds. The highest BCUT2D eigenvalue weighted by Gasteiger charge is 2.19. The Labute approximate surface area is 113 Å². The predicted octanol–water partition coefficient (Wildman–Crippen LogP) is 3.39. The van der Waals surface area contributed by atoms with E-state index in [-0.39, 0.29) is 11.1 Å². The minimum absolute atomic E-state index is 0.200. The topological polar surface area (TPSA) is 43.4 Å². The number of hydrogen-bond acceptors (Lipinski definition) is 3. The molecule has 0 radical (unpaired) electrons. The molecule has 0 unspecified atom stereocenters. The number of Topliss-reactive ketones (excluding diaryl/α,β-unsaturated/α-hetero) is 1. The number of carbonyl (C=O) groups excluding carboxylic acids is 2. The average molecular weight is 276 g/mol. The SMILES string of the molecule is CC(=O)c1cc(F)cc(F)c1OC(=O)c1ccccc1. The zero-order valence-corrected chi connectivity index (χ0v) is 10.5. The molecule has 0 spiro atoms. The molecule has 0 fully saturated rings. The van der Waals surface area contributed by atoms with Crippen molar-refractivity contribution < 1.29 is 23.1 Å². The van der Waals surface area contributed by atoms with Crippen LogP contribution in [0.1, 0.15) is 27.6 Å². The Bertz CT molecular complexity index is 666. The summed E-state index contributed by atoms with van der Waals surface area (Å²) in [4.78, 5) is 23.2. The van der Waals surface area contributed by atoms with Gasteiger partial charge in [-0.15, -0.1) is 0 Å². The van der Waals surface area contributed by atoms with Crippen molar-refractivity contribution in [3.8, 4) is 5.75 Å². The first-order valence-corrected chi connectivity index (χ1v) is 5.76. The van der Waals surface area contributed by atoms with E-state index in [9.17, 15) is 18.4 Å². The molecule has 0 aliphatic rings. The summed E-state index contributed by atoms with van der Waals surface area (Å²) in [5, 5.41) is 0. The van der Waals surface area contributed by atoms with Gasteiger partial charge in [-0.2, -0.15) is 0 Å². The molecule has 0 aromatic heterocycles. The fourth-order valence-corrected chi connectivity index (χ4v) is 1.65. The fraction of sp³-hybridized carbons (Fsp3) is 0.0667. The van der Waals surface area contributed by atoms with Crippen molar-refractivity contribution in [2.45, 2.75) is 6.92 Å². The number of hydrogen-bond donors (Lipinski definition) is 0. The van der Waals surface area contributed by atoms with Crippen molar-refractivity contribution >= 4 is 11.8 Å². The quantitative estimate of drug-likeness (QED) is 0.490.